The summed E-state index contributed by atoms with van der Waals surface area (Å²) in [6.07, 6.45) is 5.67. The van der Waals surface area contributed by atoms with Crippen LogP contribution in [0.2, 0.25) is 0 Å². The van der Waals surface area contributed by atoms with Crippen molar-refractivity contribution in [3.8, 4) is 0 Å². The minimum absolute atomic E-state index is 0.300. The molecule has 0 bridgehead atoms. The normalized spacial score (nSPS) is 19.5. The molecule has 1 aromatic carbocycles. The van der Waals surface area contributed by atoms with Gasteiger partial charge in [-0.15, -0.1) is 0 Å². The van der Waals surface area contributed by atoms with Crippen LogP contribution in [0.15, 0.2) is 30.5 Å². The van der Waals surface area contributed by atoms with Crippen molar-refractivity contribution in [3.63, 3.8) is 0 Å². The van der Waals surface area contributed by atoms with E-state index in [9.17, 15) is 4.79 Å². The van der Waals surface area contributed by atoms with Crippen molar-refractivity contribution in [1.29, 1.82) is 0 Å². The summed E-state index contributed by atoms with van der Waals surface area (Å²) in [5.41, 5.74) is 2.08. The first kappa shape index (κ1) is 7.10. The van der Waals surface area contributed by atoms with Crippen molar-refractivity contribution in [3.05, 3.63) is 41.6 Å². The van der Waals surface area contributed by atoms with Crippen LogP contribution in [0.25, 0.3) is 6.08 Å². The molecule has 0 saturated carbocycles. The van der Waals surface area contributed by atoms with Gasteiger partial charge in [0.25, 0.3) is 0 Å². The Balaban J connectivity index is 2.52. The summed E-state index contributed by atoms with van der Waals surface area (Å²) in [5, 5.41) is 2.92. The van der Waals surface area contributed by atoms with Crippen LogP contribution in [0.4, 0.5) is 0 Å². The first-order valence-corrected chi connectivity index (χ1v) is 3.81. The average molecular weight is 158 g/mol. The van der Waals surface area contributed by atoms with Gasteiger partial charge in [-0.05, 0) is 23.4 Å². The number of fused-ring (bicyclic) bond motifs is 1. The fourth-order valence-corrected chi connectivity index (χ4v) is 1.35. The van der Waals surface area contributed by atoms with Crippen LogP contribution in [-0.4, -0.2) is 6.29 Å². The van der Waals surface area contributed by atoms with Crippen molar-refractivity contribution < 1.29 is 4.79 Å². The highest BCUT2D eigenvalue weighted by molar-refractivity contribution is 5.70. The molecule has 0 saturated heterocycles. The third-order valence-electron chi connectivity index (χ3n) is 1.95. The molecular formula is C10H8NO. The highest BCUT2D eigenvalue weighted by Crippen LogP contribution is 2.20. The molecule has 12 heavy (non-hydrogen) atoms. The number of nitrogens with one attached hydrogen (secondary N) is 1. The van der Waals surface area contributed by atoms with E-state index in [0.29, 0.717) is 0 Å². The van der Waals surface area contributed by atoms with Crippen LogP contribution in [0.5, 0.6) is 0 Å². The van der Waals surface area contributed by atoms with E-state index in [1.54, 1.807) is 6.20 Å². The minimum Gasteiger partial charge on any atom is -0.377 e. The van der Waals surface area contributed by atoms with Gasteiger partial charge in [0, 0.05) is 0 Å². The molecule has 2 nitrogen and oxygen atoms in total. The fourth-order valence-electron chi connectivity index (χ4n) is 1.35. The Morgan fingerprint density at radius 1 is 1.33 bits per heavy atom. The molecule has 1 heterocycles. The lowest BCUT2D eigenvalue weighted by molar-refractivity contribution is 0.535. The van der Waals surface area contributed by atoms with Gasteiger partial charge in [0.2, 0.25) is 6.29 Å². The molecule has 2 rings (SSSR count). The molecule has 1 atom stereocenters. The number of benzene rings is 1. The monoisotopic (exact) mass is 158 g/mol. The van der Waals surface area contributed by atoms with Gasteiger partial charge in [0.15, 0.2) is 0 Å². The molecule has 1 N–H and O–H groups in total. The molecule has 0 aromatic heterocycles. The Labute approximate surface area is 70.9 Å². The topological polar surface area (TPSA) is 29.1 Å². The molecule has 1 unspecified atom stereocenters. The van der Waals surface area contributed by atoms with Crippen LogP contribution in [0.1, 0.15) is 17.2 Å². The highest BCUT2D eigenvalue weighted by atomic mass is 16.1. The summed E-state index contributed by atoms with van der Waals surface area (Å²) in [7, 11) is 0. The quantitative estimate of drug-likeness (QED) is 0.669. The van der Waals surface area contributed by atoms with Crippen LogP contribution >= 0.6 is 0 Å². The molecule has 2 heteroatoms. The average Bonchev–Trinajstić information content (AvgIpc) is 2.17. The molecule has 0 fully saturated rings. The number of hydrogen-bond acceptors (Lipinski definition) is 2. The predicted octanol–water partition coefficient (Wildman–Crippen LogP) is 1.41. The van der Waals surface area contributed by atoms with E-state index in [1.165, 1.54) is 0 Å². The third-order valence-corrected chi connectivity index (χ3v) is 1.95. The zero-order valence-corrected chi connectivity index (χ0v) is 6.45. The first-order chi connectivity index (χ1) is 5.92. The van der Waals surface area contributed by atoms with E-state index in [2.05, 4.69) is 5.32 Å². The maximum absolute atomic E-state index is 10.5. The van der Waals surface area contributed by atoms with Crippen LogP contribution in [-0.2, 0) is 4.79 Å². The second-order valence-electron chi connectivity index (χ2n) is 2.68. The smallest absolute Gasteiger partial charge is 0.227 e. The number of hydrogen-bond donors (Lipinski definition) is 1. The zero-order valence-electron chi connectivity index (χ0n) is 6.45. The number of rotatable bonds is 1. The van der Waals surface area contributed by atoms with Crippen molar-refractivity contribution in [2.24, 2.45) is 0 Å². The molecular weight excluding hydrogens is 150 g/mol. The molecule has 1 aliphatic heterocycles. The first-order valence-electron chi connectivity index (χ1n) is 3.81. The van der Waals surface area contributed by atoms with E-state index in [4.69, 9.17) is 0 Å². The van der Waals surface area contributed by atoms with Gasteiger partial charge < -0.3 is 5.32 Å². The molecule has 0 spiro atoms. The zero-order chi connectivity index (χ0) is 8.39. The van der Waals surface area contributed by atoms with Gasteiger partial charge >= 0.3 is 0 Å². The van der Waals surface area contributed by atoms with Gasteiger partial charge in [-0.2, -0.15) is 0 Å². The SMILES string of the molecule is O=[C]C1NC=Cc2ccccc21. The lowest BCUT2D eigenvalue weighted by Crippen LogP contribution is -2.20. The summed E-state index contributed by atoms with van der Waals surface area (Å²) in [5.74, 6) is 0. The predicted molar refractivity (Wildman–Crippen MR) is 47.0 cm³/mol. The molecule has 59 valence electrons. The summed E-state index contributed by atoms with van der Waals surface area (Å²) in [6.45, 7) is 0. The van der Waals surface area contributed by atoms with Crippen molar-refractivity contribution in [2.45, 2.75) is 6.04 Å². The van der Waals surface area contributed by atoms with Crippen molar-refractivity contribution >= 4 is 12.4 Å². The van der Waals surface area contributed by atoms with Crippen molar-refractivity contribution in [2.75, 3.05) is 0 Å². The molecule has 0 aliphatic carbocycles. The van der Waals surface area contributed by atoms with Gasteiger partial charge in [-0.3, -0.25) is 4.79 Å². The van der Waals surface area contributed by atoms with Crippen LogP contribution in [0.3, 0.4) is 0 Å². The maximum Gasteiger partial charge on any atom is 0.227 e. The summed E-state index contributed by atoms with van der Waals surface area (Å²) in [6, 6.07) is 7.49. The molecule has 0 amide bonds. The van der Waals surface area contributed by atoms with E-state index in [0.717, 1.165) is 11.1 Å². The Kier molecular flexibility index (Phi) is 1.67. The minimum atomic E-state index is -0.300. The Morgan fingerprint density at radius 3 is 3.00 bits per heavy atom. The standard InChI is InChI=1S/C10H8NO/c12-7-10-9-4-2-1-3-8(9)5-6-11-10/h1-6,10-11H. The summed E-state index contributed by atoms with van der Waals surface area (Å²) in [4.78, 5) is 10.5. The molecule has 1 aromatic rings. The molecule has 1 radical (unpaired) electrons. The second kappa shape index (κ2) is 2.81. The van der Waals surface area contributed by atoms with E-state index < -0.39 is 0 Å². The Morgan fingerprint density at radius 2 is 2.17 bits per heavy atom. The molecule has 1 aliphatic rings. The summed E-state index contributed by atoms with van der Waals surface area (Å²) < 4.78 is 0. The third kappa shape index (κ3) is 1.01. The van der Waals surface area contributed by atoms with Gasteiger partial charge in [-0.1, -0.05) is 24.3 Å². The van der Waals surface area contributed by atoms with E-state index in [1.807, 2.05) is 36.6 Å². The number of carbonyl (C=O) groups excluding carboxylic acids is 1. The van der Waals surface area contributed by atoms with E-state index in [-0.39, 0.29) is 6.04 Å². The van der Waals surface area contributed by atoms with Gasteiger partial charge in [0.1, 0.15) is 6.04 Å². The van der Waals surface area contributed by atoms with Crippen molar-refractivity contribution in [1.82, 2.24) is 5.32 Å². The van der Waals surface area contributed by atoms with Gasteiger partial charge in [-0.25, -0.2) is 0 Å². The van der Waals surface area contributed by atoms with Crippen LogP contribution < -0.4 is 5.32 Å². The lowest BCUT2D eigenvalue weighted by atomic mass is 9.99. The van der Waals surface area contributed by atoms with Crippen LogP contribution in [0, 0.1) is 0 Å². The summed E-state index contributed by atoms with van der Waals surface area (Å²) >= 11 is 0. The second-order valence-corrected chi connectivity index (χ2v) is 2.68. The highest BCUT2D eigenvalue weighted by Gasteiger charge is 2.14. The van der Waals surface area contributed by atoms with Gasteiger partial charge in [0.05, 0.1) is 0 Å². The Hall–Kier alpha value is -1.57. The maximum atomic E-state index is 10.5. The fraction of sp³-hybridized carbons (Fsp3) is 0.100. The Bertz CT molecular complexity index is 330. The lowest BCUT2D eigenvalue weighted by Gasteiger charge is -2.17. The van der Waals surface area contributed by atoms with E-state index >= 15 is 0 Å². The largest absolute Gasteiger partial charge is 0.377 e.